The van der Waals surface area contributed by atoms with Crippen molar-refractivity contribution in [3.8, 4) is 5.75 Å². The zero-order chi connectivity index (χ0) is 8.27. The van der Waals surface area contributed by atoms with Gasteiger partial charge < -0.3 is 9.68 Å². The highest BCUT2D eigenvalue weighted by Crippen LogP contribution is 2.14. The van der Waals surface area contributed by atoms with E-state index in [-0.39, 0.29) is 5.75 Å². The van der Waals surface area contributed by atoms with E-state index in [1.807, 2.05) is 0 Å². The molecule has 1 aromatic rings. The van der Waals surface area contributed by atoms with Crippen molar-refractivity contribution in [3.63, 3.8) is 0 Å². The maximum atomic E-state index is 12.4. The fourth-order valence-corrected chi connectivity index (χ4v) is 0.611. The monoisotopic (exact) mass is 157 g/mol. The van der Waals surface area contributed by atoms with Gasteiger partial charge in [0.2, 0.25) is 0 Å². The van der Waals surface area contributed by atoms with Gasteiger partial charge in [-0.2, -0.15) is 0 Å². The smallest absolute Gasteiger partial charge is 0.537 e. The number of halogens is 2. The number of hydrogen-bond acceptors (Lipinski definition) is 2. The average Bonchev–Trinajstić information content (AvgIpc) is 1.98. The van der Waals surface area contributed by atoms with Crippen LogP contribution in [-0.2, 0) is 0 Å². The highest BCUT2D eigenvalue weighted by molar-refractivity contribution is 6.17. The van der Waals surface area contributed by atoms with Crippen LogP contribution in [0.3, 0.4) is 0 Å². The van der Waals surface area contributed by atoms with Crippen LogP contribution < -0.4 is 4.65 Å². The van der Waals surface area contributed by atoms with Gasteiger partial charge in [0, 0.05) is 6.07 Å². The van der Waals surface area contributed by atoms with Crippen LogP contribution in [0.1, 0.15) is 0 Å². The number of rotatable bonds is 2. The molecule has 1 N–H and O–H groups in total. The molecular formula is C6H4BF2O2. The molecule has 0 amide bonds. The van der Waals surface area contributed by atoms with Crippen molar-refractivity contribution in [3.05, 3.63) is 29.8 Å². The minimum atomic E-state index is -1.01. The van der Waals surface area contributed by atoms with E-state index < -0.39 is 11.6 Å². The summed E-state index contributed by atoms with van der Waals surface area (Å²) in [5, 5.41) is 8.12. The molecule has 57 valence electrons. The average molecular weight is 157 g/mol. The zero-order valence-corrected chi connectivity index (χ0v) is 5.42. The van der Waals surface area contributed by atoms with E-state index in [0.717, 1.165) is 12.1 Å². The number of hydrogen-bond donors (Lipinski definition) is 1. The van der Waals surface area contributed by atoms with Crippen LogP contribution in [-0.4, -0.2) is 12.7 Å². The molecule has 0 aliphatic heterocycles. The third-order valence-corrected chi connectivity index (χ3v) is 1.08. The molecule has 0 heterocycles. The van der Waals surface area contributed by atoms with E-state index in [1.165, 1.54) is 6.07 Å². The predicted octanol–water partition coefficient (Wildman–Crippen LogP) is 0.870. The summed E-state index contributed by atoms with van der Waals surface area (Å²) in [5.41, 5.74) is 0. The Balaban J connectivity index is 2.86. The first kappa shape index (κ1) is 8.01. The Morgan fingerprint density at radius 1 is 1.27 bits per heavy atom. The summed E-state index contributed by atoms with van der Waals surface area (Å²) in [5.74, 6) is -1.91. The molecule has 11 heavy (non-hydrogen) atoms. The van der Waals surface area contributed by atoms with Gasteiger partial charge in [-0.25, -0.2) is 8.78 Å². The first-order valence-corrected chi connectivity index (χ1v) is 2.81. The zero-order valence-electron chi connectivity index (χ0n) is 5.42. The van der Waals surface area contributed by atoms with Gasteiger partial charge in [0.15, 0.2) is 11.6 Å². The van der Waals surface area contributed by atoms with Gasteiger partial charge in [-0.15, -0.1) is 0 Å². The Kier molecular flexibility index (Phi) is 2.43. The molecule has 1 radical (unpaired) electrons. The first-order chi connectivity index (χ1) is 5.24. The van der Waals surface area contributed by atoms with Gasteiger partial charge in [0.1, 0.15) is 5.75 Å². The third-order valence-electron chi connectivity index (χ3n) is 1.08. The Hall–Kier alpha value is -1.10. The van der Waals surface area contributed by atoms with Gasteiger partial charge in [0.25, 0.3) is 0 Å². The van der Waals surface area contributed by atoms with Crippen LogP contribution in [0.2, 0.25) is 0 Å². The molecule has 2 nitrogen and oxygen atoms in total. The molecule has 0 unspecified atom stereocenters. The maximum absolute atomic E-state index is 12.4. The largest absolute Gasteiger partial charge is 0.569 e. The van der Waals surface area contributed by atoms with Crippen LogP contribution in [0, 0.1) is 11.6 Å². The van der Waals surface area contributed by atoms with Crippen molar-refractivity contribution in [2.45, 2.75) is 0 Å². The molecule has 0 atom stereocenters. The van der Waals surface area contributed by atoms with Crippen LogP contribution in [0.15, 0.2) is 18.2 Å². The van der Waals surface area contributed by atoms with Gasteiger partial charge in [0.05, 0.1) is 0 Å². The predicted molar refractivity (Wildman–Crippen MR) is 35.0 cm³/mol. The molecule has 0 fully saturated rings. The fraction of sp³-hybridized carbons (Fsp3) is 0. The number of benzene rings is 1. The van der Waals surface area contributed by atoms with Crippen LogP contribution in [0.4, 0.5) is 8.78 Å². The van der Waals surface area contributed by atoms with Gasteiger partial charge in [-0.05, 0) is 12.1 Å². The van der Waals surface area contributed by atoms with E-state index in [2.05, 4.69) is 4.65 Å². The summed E-state index contributed by atoms with van der Waals surface area (Å²) in [6.45, 7) is 0. The van der Waals surface area contributed by atoms with Crippen LogP contribution in [0.5, 0.6) is 5.75 Å². The minimum absolute atomic E-state index is 0.0476. The van der Waals surface area contributed by atoms with Crippen LogP contribution >= 0.6 is 0 Å². The Morgan fingerprint density at radius 3 is 2.55 bits per heavy atom. The molecule has 0 aliphatic rings. The second-order valence-corrected chi connectivity index (χ2v) is 1.80. The lowest BCUT2D eigenvalue weighted by molar-refractivity contribution is 0.445. The second kappa shape index (κ2) is 3.34. The maximum Gasteiger partial charge on any atom is 0.569 e. The van der Waals surface area contributed by atoms with Crippen molar-refractivity contribution in [1.29, 1.82) is 0 Å². The summed E-state index contributed by atoms with van der Waals surface area (Å²) in [6.07, 6.45) is 0. The van der Waals surface area contributed by atoms with E-state index in [4.69, 9.17) is 5.02 Å². The molecule has 0 bridgehead atoms. The van der Waals surface area contributed by atoms with Crippen molar-refractivity contribution < 1.29 is 18.5 Å². The SMILES string of the molecule is O[B]Oc1ccc(F)c(F)c1. The molecule has 0 aliphatic carbocycles. The molecule has 0 saturated heterocycles. The van der Waals surface area contributed by atoms with E-state index in [9.17, 15) is 8.78 Å². The van der Waals surface area contributed by atoms with E-state index in [1.54, 1.807) is 0 Å². The molecule has 1 rings (SSSR count). The second-order valence-electron chi connectivity index (χ2n) is 1.80. The van der Waals surface area contributed by atoms with Gasteiger partial charge in [-0.3, -0.25) is 0 Å². The van der Waals surface area contributed by atoms with Gasteiger partial charge >= 0.3 is 7.69 Å². The highest BCUT2D eigenvalue weighted by atomic mass is 19.2. The molecule has 1 aromatic carbocycles. The minimum Gasteiger partial charge on any atom is -0.537 e. The first-order valence-electron chi connectivity index (χ1n) is 2.81. The summed E-state index contributed by atoms with van der Waals surface area (Å²) >= 11 is 0. The lowest BCUT2D eigenvalue weighted by atomic mass is 10.3. The topological polar surface area (TPSA) is 29.5 Å². The quantitative estimate of drug-likeness (QED) is 0.645. The van der Waals surface area contributed by atoms with Crippen molar-refractivity contribution in [2.75, 3.05) is 0 Å². The fourth-order valence-electron chi connectivity index (χ4n) is 0.611. The summed E-state index contributed by atoms with van der Waals surface area (Å²) in [4.78, 5) is 0. The molecular weight excluding hydrogens is 153 g/mol. The molecule has 0 aromatic heterocycles. The summed E-state index contributed by atoms with van der Waals surface area (Å²) in [6, 6.07) is 2.95. The summed E-state index contributed by atoms with van der Waals surface area (Å²) < 4.78 is 29.0. The summed E-state index contributed by atoms with van der Waals surface area (Å²) in [7, 11) is 0.396. The lowest BCUT2D eigenvalue weighted by Gasteiger charge is -2.00. The van der Waals surface area contributed by atoms with E-state index >= 15 is 0 Å². The lowest BCUT2D eigenvalue weighted by Crippen LogP contribution is -2.00. The van der Waals surface area contributed by atoms with Crippen LogP contribution in [0.25, 0.3) is 0 Å². The normalized spacial score (nSPS) is 9.36. The molecule has 0 spiro atoms. The Morgan fingerprint density at radius 2 is 2.00 bits per heavy atom. The van der Waals surface area contributed by atoms with Crippen molar-refractivity contribution in [1.82, 2.24) is 0 Å². The van der Waals surface area contributed by atoms with E-state index in [0.29, 0.717) is 7.69 Å². The molecule has 0 saturated carbocycles. The van der Waals surface area contributed by atoms with Crippen molar-refractivity contribution in [2.24, 2.45) is 0 Å². The standard InChI is InChI=1S/C6H4BF2O2/c8-5-2-1-4(11-7-10)3-6(5)9/h1-3,10H. The Bertz CT molecular complexity index is 254. The highest BCUT2D eigenvalue weighted by Gasteiger charge is 2.02. The third kappa shape index (κ3) is 1.91. The molecule has 5 heteroatoms. The van der Waals surface area contributed by atoms with Crippen molar-refractivity contribution >= 4 is 7.69 Å². The Labute approximate surface area is 62.7 Å². The van der Waals surface area contributed by atoms with Gasteiger partial charge in [-0.1, -0.05) is 0 Å².